The Kier molecular flexibility index (Phi) is 4.40. The summed E-state index contributed by atoms with van der Waals surface area (Å²) in [6.07, 6.45) is 0. The Morgan fingerprint density at radius 2 is 1.79 bits per heavy atom. The molecular weight excluding hydrogens is 399 g/mol. The lowest BCUT2D eigenvalue weighted by Gasteiger charge is -2.13. The molecule has 0 aliphatic heterocycles. The van der Waals surface area contributed by atoms with Crippen molar-refractivity contribution in [2.24, 2.45) is 7.05 Å². The third-order valence-electron chi connectivity index (χ3n) is 4.66. The number of hydrogen-bond acceptors (Lipinski definition) is 3. The van der Waals surface area contributed by atoms with Crippen molar-refractivity contribution in [3.63, 3.8) is 0 Å². The molecule has 0 aliphatic rings. The maximum atomic E-state index is 13.3. The molecule has 0 N–H and O–H groups in total. The van der Waals surface area contributed by atoms with Crippen molar-refractivity contribution in [3.05, 3.63) is 68.6 Å². The van der Waals surface area contributed by atoms with Crippen LogP contribution in [0.5, 0.6) is 0 Å². The van der Waals surface area contributed by atoms with Gasteiger partial charge >= 0.3 is 0 Å². The Labute approximate surface area is 170 Å². The minimum atomic E-state index is -0.345. The maximum absolute atomic E-state index is 13.3. The largest absolute Gasteiger partial charge is 0.343 e. The number of fused-ring (bicyclic) bond motifs is 3. The van der Waals surface area contributed by atoms with Gasteiger partial charge in [0.2, 0.25) is 0 Å². The van der Waals surface area contributed by atoms with Gasteiger partial charge in [-0.2, -0.15) is 9.78 Å². The van der Waals surface area contributed by atoms with Crippen LogP contribution in [0, 0.1) is 0 Å². The van der Waals surface area contributed by atoms with Crippen LogP contribution in [0.15, 0.2) is 47.3 Å². The van der Waals surface area contributed by atoms with Gasteiger partial charge in [-0.1, -0.05) is 35.3 Å². The molecule has 8 heteroatoms. The summed E-state index contributed by atoms with van der Waals surface area (Å²) in [5.41, 5.74) is 1.45. The molecule has 0 radical (unpaired) electrons. The van der Waals surface area contributed by atoms with E-state index in [9.17, 15) is 9.59 Å². The lowest BCUT2D eigenvalue weighted by atomic mass is 10.1. The first-order chi connectivity index (χ1) is 13.3. The van der Waals surface area contributed by atoms with E-state index >= 15 is 0 Å². The highest BCUT2D eigenvalue weighted by atomic mass is 35.5. The molecule has 0 aliphatic carbocycles. The number of aromatic nitrogens is 3. The highest BCUT2D eigenvalue weighted by Crippen LogP contribution is 2.31. The molecule has 2 heterocycles. The molecule has 4 aromatic rings. The monoisotopic (exact) mass is 414 g/mol. The minimum Gasteiger partial charge on any atom is -0.343 e. The molecular formula is C20H16Cl2N4O2. The minimum absolute atomic E-state index is 0.187. The van der Waals surface area contributed by atoms with Crippen LogP contribution in [-0.4, -0.2) is 39.3 Å². The third-order valence-corrected chi connectivity index (χ3v) is 5.13. The number of benzene rings is 2. The van der Waals surface area contributed by atoms with Gasteiger partial charge in [0.1, 0.15) is 5.52 Å². The van der Waals surface area contributed by atoms with Crippen molar-refractivity contribution in [1.29, 1.82) is 0 Å². The lowest BCUT2D eigenvalue weighted by Crippen LogP contribution is -2.29. The standard InChI is InChI=1S/C20H16Cl2N4O2/c1-24(2)19(27)17-16-14-8-7-12(22)10-15(14)25(3)18(16)20(28)26(23-17)13-6-4-5-11(21)9-13/h4-10H,1-3H3. The van der Waals surface area contributed by atoms with Gasteiger partial charge in [-0.05, 0) is 30.3 Å². The Morgan fingerprint density at radius 1 is 1.07 bits per heavy atom. The smallest absolute Gasteiger partial charge is 0.296 e. The second-order valence-corrected chi connectivity index (χ2v) is 7.56. The van der Waals surface area contributed by atoms with Gasteiger partial charge in [-0.3, -0.25) is 9.59 Å². The fourth-order valence-electron chi connectivity index (χ4n) is 3.34. The fraction of sp³-hybridized carbons (Fsp3) is 0.150. The van der Waals surface area contributed by atoms with E-state index in [1.165, 1.54) is 9.58 Å². The van der Waals surface area contributed by atoms with Gasteiger partial charge < -0.3 is 9.47 Å². The van der Waals surface area contributed by atoms with Crippen molar-refractivity contribution in [1.82, 2.24) is 19.2 Å². The summed E-state index contributed by atoms with van der Waals surface area (Å²) in [7, 11) is 5.06. The van der Waals surface area contributed by atoms with E-state index in [2.05, 4.69) is 5.10 Å². The molecule has 0 saturated carbocycles. The number of rotatable bonds is 2. The van der Waals surface area contributed by atoms with Crippen LogP contribution in [0.2, 0.25) is 10.0 Å². The van der Waals surface area contributed by atoms with Crippen molar-refractivity contribution < 1.29 is 4.79 Å². The molecule has 142 valence electrons. The summed E-state index contributed by atoms with van der Waals surface area (Å²) in [5.74, 6) is -0.303. The van der Waals surface area contributed by atoms with Crippen LogP contribution in [0.1, 0.15) is 10.5 Å². The zero-order valence-corrected chi connectivity index (χ0v) is 16.9. The molecule has 0 saturated heterocycles. The Bertz CT molecular complexity index is 1320. The molecule has 6 nitrogen and oxygen atoms in total. The van der Waals surface area contributed by atoms with Crippen LogP contribution < -0.4 is 5.56 Å². The third kappa shape index (κ3) is 2.77. The first kappa shape index (κ1) is 18.5. The number of nitrogens with zero attached hydrogens (tertiary/aromatic N) is 4. The Hall–Kier alpha value is -2.83. The number of amides is 1. The number of carbonyl (C=O) groups is 1. The zero-order chi connectivity index (χ0) is 20.2. The Morgan fingerprint density at radius 3 is 2.46 bits per heavy atom. The van der Waals surface area contributed by atoms with Gasteiger partial charge in [0.05, 0.1) is 11.2 Å². The number of carbonyl (C=O) groups excluding carboxylic acids is 1. The normalized spacial score (nSPS) is 11.3. The molecule has 1 amide bonds. The van der Waals surface area contributed by atoms with Gasteiger partial charge in [-0.25, -0.2) is 0 Å². The van der Waals surface area contributed by atoms with Crippen molar-refractivity contribution in [2.75, 3.05) is 14.1 Å². The summed E-state index contributed by atoms with van der Waals surface area (Å²) in [6.45, 7) is 0. The number of aryl methyl sites for hydroxylation is 1. The van der Waals surface area contributed by atoms with E-state index in [4.69, 9.17) is 23.2 Å². The quantitative estimate of drug-likeness (QED) is 0.499. The van der Waals surface area contributed by atoms with E-state index in [0.29, 0.717) is 26.6 Å². The van der Waals surface area contributed by atoms with E-state index in [1.54, 1.807) is 68.2 Å². The van der Waals surface area contributed by atoms with E-state index in [1.807, 2.05) is 0 Å². The Balaban J connectivity index is 2.22. The molecule has 0 spiro atoms. The van der Waals surface area contributed by atoms with Crippen molar-refractivity contribution in [3.8, 4) is 5.69 Å². The first-order valence-electron chi connectivity index (χ1n) is 8.48. The highest BCUT2D eigenvalue weighted by Gasteiger charge is 2.24. The molecule has 28 heavy (non-hydrogen) atoms. The van der Waals surface area contributed by atoms with Gasteiger partial charge in [0, 0.05) is 42.0 Å². The molecule has 0 atom stereocenters. The van der Waals surface area contributed by atoms with Crippen LogP contribution >= 0.6 is 23.2 Å². The van der Waals surface area contributed by atoms with Crippen LogP contribution in [0.4, 0.5) is 0 Å². The molecule has 4 rings (SSSR count). The predicted octanol–water partition coefficient (Wildman–Crippen LogP) is 3.89. The van der Waals surface area contributed by atoms with Gasteiger partial charge in [0.15, 0.2) is 5.69 Å². The van der Waals surface area contributed by atoms with E-state index < -0.39 is 0 Å². The second kappa shape index (κ2) is 6.65. The van der Waals surface area contributed by atoms with Crippen molar-refractivity contribution in [2.45, 2.75) is 0 Å². The fourth-order valence-corrected chi connectivity index (χ4v) is 3.69. The summed E-state index contributed by atoms with van der Waals surface area (Å²) < 4.78 is 2.96. The van der Waals surface area contributed by atoms with Crippen LogP contribution in [0.25, 0.3) is 27.5 Å². The second-order valence-electron chi connectivity index (χ2n) is 6.69. The number of halogens is 2. The van der Waals surface area contributed by atoms with Crippen molar-refractivity contribution >= 4 is 50.9 Å². The average Bonchev–Trinajstić information content (AvgIpc) is 2.94. The molecule has 0 fully saturated rings. The average molecular weight is 415 g/mol. The SMILES string of the molecule is CN(C)C(=O)c1nn(-c2cccc(Cl)c2)c(=O)c2c1c1ccc(Cl)cc1n2C. The van der Waals surface area contributed by atoms with E-state index in [0.717, 1.165) is 10.9 Å². The predicted molar refractivity (Wildman–Crippen MR) is 112 cm³/mol. The first-order valence-corrected chi connectivity index (χ1v) is 9.23. The van der Waals surface area contributed by atoms with Gasteiger partial charge in [-0.15, -0.1) is 0 Å². The van der Waals surface area contributed by atoms with E-state index in [-0.39, 0.29) is 17.2 Å². The summed E-state index contributed by atoms with van der Waals surface area (Å²) >= 11 is 12.2. The molecule has 2 aromatic heterocycles. The van der Waals surface area contributed by atoms with Gasteiger partial charge in [0.25, 0.3) is 11.5 Å². The maximum Gasteiger partial charge on any atom is 0.296 e. The molecule has 0 unspecified atom stereocenters. The van der Waals surface area contributed by atoms with Crippen LogP contribution in [0.3, 0.4) is 0 Å². The lowest BCUT2D eigenvalue weighted by molar-refractivity contribution is 0.0822. The van der Waals surface area contributed by atoms with Crippen LogP contribution in [-0.2, 0) is 7.05 Å². The molecule has 2 aromatic carbocycles. The highest BCUT2D eigenvalue weighted by molar-refractivity contribution is 6.32. The summed E-state index contributed by atoms with van der Waals surface area (Å²) in [5, 5.41) is 6.69. The molecule has 0 bridgehead atoms. The summed E-state index contributed by atoms with van der Waals surface area (Å²) in [4.78, 5) is 27.7. The summed E-state index contributed by atoms with van der Waals surface area (Å²) in [6, 6.07) is 12.1. The topological polar surface area (TPSA) is 60.1 Å². The zero-order valence-electron chi connectivity index (χ0n) is 15.4. The number of hydrogen-bond donors (Lipinski definition) is 0.